The molecule has 1 aliphatic carbocycles. The van der Waals surface area contributed by atoms with Gasteiger partial charge in [0.25, 0.3) is 0 Å². The molecule has 1 aliphatic heterocycles. The second-order valence-electron chi connectivity index (χ2n) is 5.54. The lowest BCUT2D eigenvalue weighted by atomic mass is 9.93. The fourth-order valence-corrected chi connectivity index (χ4v) is 2.71. The van der Waals surface area contributed by atoms with Crippen LogP contribution in [0.4, 0.5) is 0 Å². The first-order valence-electron chi connectivity index (χ1n) is 6.66. The normalized spacial score (nSPS) is 35.9. The summed E-state index contributed by atoms with van der Waals surface area (Å²) in [5.74, 6) is -1.11. The van der Waals surface area contributed by atoms with Crippen molar-refractivity contribution in [3.63, 3.8) is 0 Å². The fraction of sp³-hybridized carbons (Fsp3) is 0.786. The van der Waals surface area contributed by atoms with E-state index in [1.54, 1.807) is 6.08 Å². The van der Waals surface area contributed by atoms with Crippen molar-refractivity contribution >= 4 is 5.97 Å². The van der Waals surface area contributed by atoms with Gasteiger partial charge < -0.3 is 23.7 Å². The molecule has 1 fully saturated rings. The molecule has 114 valence electrons. The first kappa shape index (κ1) is 15.4. The Balaban J connectivity index is 2.24. The zero-order valence-electron chi connectivity index (χ0n) is 12.5. The zero-order chi connectivity index (χ0) is 15.0. The summed E-state index contributed by atoms with van der Waals surface area (Å²) < 4.78 is 27.7. The van der Waals surface area contributed by atoms with Crippen LogP contribution in [0.3, 0.4) is 0 Å². The minimum Gasteiger partial charge on any atom is -0.449 e. The second-order valence-corrected chi connectivity index (χ2v) is 5.54. The highest BCUT2D eigenvalue weighted by molar-refractivity contribution is 5.67. The van der Waals surface area contributed by atoms with Crippen LogP contribution in [0.1, 0.15) is 27.7 Å². The Kier molecular flexibility index (Phi) is 4.20. The lowest BCUT2D eigenvalue weighted by Gasteiger charge is -2.37. The molecule has 0 aromatic heterocycles. The van der Waals surface area contributed by atoms with Crippen LogP contribution in [0, 0.1) is 0 Å². The van der Waals surface area contributed by atoms with Gasteiger partial charge in [-0.25, -0.2) is 0 Å². The molecule has 20 heavy (non-hydrogen) atoms. The van der Waals surface area contributed by atoms with Crippen molar-refractivity contribution in [1.29, 1.82) is 0 Å². The van der Waals surface area contributed by atoms with Gasteiger partial charge in [-0.05, 0) is 26.8 Å². The van der Waals surface area contributed by atoms with Gasteiger partial charge in [-0.1, -0.05) is 6.08 Å². The largest absolute Gasteiger partial charge is 0.449 e. The lowest BCUT2D eigenvalue weighted by Crippen LogP contribution is -2.54. The van der Waals surface area contributed by atoms with Crippen LogP contribution in [0.2, 0.25) is 0 Å². The van der Waals surface area contributed by atoms with Crippen LogP contribution in [-0.4, -0.2) is 49.6 Å². The Morgan fingerprint density at radius 3 is 2.70 bits per heavy atom. The third-order valence-electron chi connectivity index (χ3n) is 3.51. The lowest BCUT2D eigenvalue weighted by molar-refractivity contribution is -0.212. The molecular weight excluding hydrogens is 264 g/mol. The van der Waals surface area contributed by atoms with Gasteiger partial charge >= 0.3 is 5.97 Å². The molecule has 0 radical (unpaired) electrons. The number of methoxy groups -OCH3 is 1. The van der Waals surface area contributed by atoms with Gasteiger partial charge in [-0.2, -0.15) is 0 Å². The van der Waals surface area contributed by atoms with Gasteiger partial charge in [0.15, 0.2) is 11.4 Å². The van der Waals surface area contributed by atoms with Crippen molar-refractivity contribution in [2.45, 2.75) is 57.4 Å². The van der Waals surface area contributed by atoms with E-state index in [2.05, 4.69) is 0 Å². The number of hydrogen-bond acceptors (Lipinski definition) is 6. The second kappa shape index (κ2) is 5.44. The van der Waals surface area contributed by atoms with E-state index in [1.807, 2.05) is 26.8 Å². The number of rotatable bonds is 5. The van der Waals surface area contributed by atoms with Crippen molar-refractivity contribution in [3.05, 3.63) is 12.2 Å². The molecule has 2 rings (SSSR count). The van der Waals surface area contributed by atoms with Gasteiger partial charge in [0.1, 0.15) is 25.1 Å². The number of hydrogen-bond donors (Lipinski definition) is 0. The molecule has 6 heteroatoms. The van der Waals surface area contributed by atoms with Crippen LogP contribution >= 0.6 is 0 Å². The number of carbonyl (C=O) groups is 1. The van der Waals surface area contributed by atoms with Gasteiger partial charge in [0, 0.05) is 14.0 Å². The quantitative estimate of drug-likeness (QED) is 0.432. The molecular formula is C14H22O6. The highest BCUT2D eigenvalue weighted by Crippen LogP contribution is 2.44. The van der Waals surface area contributed by atoms with Crippen molar-refractivity contribution in [3.8, 4) is 0 Å². The van der Waals surface area contributed by atoms with Crippen molar-refractivity contribution < 1.29 is 28.5 Å². The molecule has 0 aromatic rings. The molecule has 1 saturated heterocycles. The first-order valence-corrected chi connectivity index (χ1v) is 6.66. The predicted octanol–water partition coefficient (Wildman–Crippen LogP) is 1.39. The summed E-state index contributed by atoms with van der Waals surface area (Å²) in [4.78, 5) is 11.5. The Bertz CT molecular complexity index is 404. The van der Waals surface area contributed by atoms with E-state index >= 15 is 0 Å². The molecule has 4 atom stereocenters. The smallest absolute Gasteiger partial charge is 0.303 e. The van der Waals surface area contributed by atoms with Crippen LogP contribution < -0.4 is 0 Å². The summed E-state index contributed by atoms with van der Waals surface area (Å²) >= 11 is 0. The molecule has 1 heterocycles. The molecule has 0 bridgehead atoms. The Morgan fingerprint density at radius 2 is 2.10 bits per heavy atom. The number of carbonyl (C=O) groups excluding carboxylic acids is 1. The highest BCUT2D eigenvalue weighted by Gasteiger charge is 2.59. The van der Waals surface area contributed by atoms with Crippen LogP contribution in [0.5, 0.6) is 0 Å². The van der Waals surface area contributed by atoms with E-state index in [4.69, 9.17) is 23.7 Å². The summed E-state index contributed by atoms with van der Waals surface area (Å²) in [5, 5.41) is 0. The molecule has 0 amide bonds. The van der Waals surface area contributed by atoms with Gasteiger partial charge in [0.05, 0.1) is 0 Å². The molecule has 2 aliphatic rings. The summed E-state index contributed by atoms with van der Waals surface area (Å²) in [6, 6.07) is 0. The monoisotopic (exact) mass is 286 g/mol. The fourth-order valence-electron chi connectivity index (χ4n) is 2.71. The minimum absolute atomic E-state index is 0.111. The van der Waals surface area contributed by atoms with E-state index < -0.39 is 29.6 Å². The third-order valence-corrected chi connectivity index (χ3v) is 3.51. The first-order chi connectivity index (χ1) is 9.31. The topological polar surface area (TPSA) is 63.2 Å². The summed E-state index contributed by atoms with van der Waals surface area (Å²) in [5.41, 5.74) is -0.997. The highest BCUT2D eigenvalue weighted by atomic mass is 16.8. The maximum Gasteiger partial charge on any atom is 0.303 e. The molecule has 0 saturated carbocycles. The molecule has 0 spiro atoms. The SMILES string of the molecule is COCOC(C)[C@@]1(OC(C)=O)C=C[C@@H]2OC(C)(C)O[C@@H]21. The van der Waals surface area contributed by atoms with E-state index in [9.17, 15) is 4.79 Å². The summed E-state index contributed by atoms with van der Waals surface area (Å²) in [7, 11) is 1.54. The standard InChI is InChI=1S/C14H22O6/c1-9(17-8-16-5)14(18-10(2)15)7-6-11-12(14)20-13(3,4)19-11/h6-7,9,11-12H,8H2,1-5H3/t9?,11-,12-,14-/m0/s1. The average molecular weight is 286 g/mol. The average Bonchev–Trinajstić information content (AvgIpc) is 2.81. The summed E-state index contributed by atoms with van der Waals surface area (Å²) in [6.07, 6.45) is 2.55. The number of ether oxygens (including phenoxy) is 5. The van der Waals surface area contributed by atoms with Crippen LogP contribution in [0.15, 0.2) is 12.2 Å². The van der Waals surface area contributed by atoms with E-state index in [1.165, 1.54) is 14.0 Å². The van der Waals surface area contributed by atoms with Crippen molar-refractivity contribution in [2.75, 3.05) is 13.9 Å². The zero-order valence-corrected chi connectivity index (χ0v) is 12.5. The Morgan fingerprint density at radius 1 is 1.40 bits per heavy atom. The van der Waals surface area contributed by atoms with Gasteiger partial charge in [0.2, 0.25) is 0 Å². The number of esters is 1. The Hall–Kier alpha value is -0.950. The molecule has 0 aromatic carbocycles. The van der Waals surface area contributed by atoms with Gasteiger partial charge in [-0.15, -0.1) is 0 Å². The third kappa shape index (κ3) is 2.74. The maximum atomic E-state index is 11.5. The van der Waals surface area contributed by atoms with Crippen LogP contribution in [-0.2, 0) is 28.5 Å². The molecule has 1 unspecified atom stereocenters. The number of fused-ring (bicyclic) bond motifs is 1. The summed E-state index contributed by atoms with van der Waals surface area (Å²) in [6.45, 7) is 6.96. The predicted molar refractivity (Wildman–Crippen MR) is 69.9 cm³/mol. The molecule has 6 nitrogen and oxygen atoms in total. The van der Waals surface area contributed by atoms with Crippen LogP contribution in [0.25, 0.3) is 0 Å². The molecule has 0 N–H and O–H groups in total. The maximum absolute atomic E-state index is 11.5. The van der Waals surface area contributed by atoms with Gasteiger partial charge in [-0.3, -0.25) is 4.79 Å². The minimum atomic E-state index is -0.997. The van der Waals surface area contributed by atoms with E-state index in [0.717, 1.165) is 0 Å². The van der Waals surface area contributed by atoms with Crippen molar-refractivity contribution in [2.24, 2.45) is 0 Å². The van der Waals surface area contributed by atoms with E-state index in [-0.39, 0.29) is 12.9 Å². The van der Waals surface area contributed by atoms with Crippen molar-refractivity contribution in [1.82, 2.24) is 0 Å². The van der Waals surface area contributed by atoms with E-state index in [0.29, 0.717) is 0 Å². The Labute approximate surface area is 119 Å².